The molecule has 0 aliphatic carbocycles. The van der Waals surface area contributed by atoms with E-state index in [1.807, 2.05) is 58.4 Å². The van der Waals surface area contributed by atoms with E-state index < -0.39 is 0 Å². The van der Waals surface area contributed by atoms with Crippen molar-refractivity contribution < 1.29 is 14.3 Å². The summed E-state index contributed by atoms with van der Waals surface area (Å²) in [5, 5.41) is 7.51. The molecule has 4 heterocycles. The lowest BCUT2D eigenvalue weighted by molar-refractivity contribution is -0.116. The predicted octanol–water partition coefficient (Wildman–Crippen LogP) is 6.94. The Kier molecular flexibility index (Phi) is 9.72. The number of pyridine rings is 1. The Balaban J connectivity index is 0.848. The molecule has 7 rings (SSSR count). The van der Waals surface area contributed by atoms with Crippen LogP contribution in [0.5, 0.6) is 11.5 Å². The van der Waals surface area contributed by atoms with Crippen molar-refractivity contribution in [2.45, 2.75) is 45.1 Å². The van der Waals surface area contributed by atoms with Gasteiger partial charge in [-0.05, 0) is 97.4 Å². The summed E-state index contributed by atoms with van der Waals surface area (Å²) in [7, 11) is 0. The van der Waals surface area contributed by atoms with E-state index in [-0.39, 0.29) is 11.5 Å². The highest BCUT2D eigenvalue weighted by Gasteiger charge is 2.19. The first kappa shape index (κ1) is 31.3. The van der Waals surface area contributed by atoms with Gasteiger partial charge in [0.1, 0.15) is 11.5 Å². The van der Waals surface area contributed by atoms with Gasteiger partial charge >= 0.3 is 0 Å². The predicted molar refractivity (Wildman–Crippen MR) is 192 cm³/mol. The number of piperazine rings is 1. The van der Waals surface area contributed by atoms with E-state index in [0.717, 1.165) is 98.5 Å². The van der Waals surface area contributed by atoms with Crippen LogP contribution in [0.4, 0.5) is 11.4 Å². The Morgan fingerprint density at radius 3 is 2.36 bits per heavy atom. The highest BCUT2D eigenvalue weighted by molar-refractivity contribution is 7.17. The number of nitrogens with one attached hydrogen (secondary N) is 1. The first-order valence-corrected chi connectivity index (χ1v) is 17.7. The van der Waals surface area contributed by atoms with Gasteiger partial charge in [0.2, 0.25) is 5.91 Å². The van der Waals surface area contributed by atoms with Gasteiger partial charge in [-0.1, -0.05) is 12.1 Å². The Labute approximate surface area is 279 Å². The fourth-order valence-electron chi connectivity index (χ4n) is 6.68. The molecule has 1 N–H and O–H groups in total. The van der Waals surface area contributed by atoms with E-state index in [9.17, 15) is 9.59 Å². The average Bonchev–Trinajstić information content (AvgIpc) is 3.58. The fraction of sp³-hybridized carbons (Fsp3) is 0.368. The number of aromatic nitrogens is 1. The summed E-state index contributed by atoms with van der Waals surface area (Å²) in [4.78, 5) is 29.7. The first-order valence-electron chi connectivity index (χ1n) is 16.9. The summed E-state index contributed by atoms with van der Waals surface area (Å²) in [6, 6.07) is 24.3. The van der Waals surface area contributed by atoms with Crippen LogP contribution in [0.15, 0.2) is 83.0 Å². The average molecular weight is 651 g/mol. The quantitative estimate of drug-likeness (QED) is 0.139. The molecule has 2 aliphatic heterocycles. The van der Waals surface area contributed by atoms with Crippen LogP contribution in [0.2, 0.25) is 0 Å². The van der Waals surface area contributed by atoms with Crippen molar-refractivity contribution >= 4 is 49.6 Å². The molecule has 1 saturated heterocycles. The molecule has 1 fully saturated rings. The van der Waals surface area contributed by atoms with Gasteiger partial charge in [-0.15, -0.1) is 11.3 Å². The number of rotatable bonds is 13. The van der Waals surface area contributed by atoms with Gasteiger partial charge in [-0.2, -0.15) is 0 Å². The molecule has 0 atom stereocenters. The number of amides is 1. The minimum Gasteiger partial charge on any atom is -0.494 e. The zero-order valence-corrected chi connectivity index (χ0v) is 27.6. The van der Waals surface area contributed by atoms with Crippen LogP contribution in [0, 0.1) is 0 Å². The maximum Gasteiger partial charge on any atom is 0.251 e. The second kappa shape index (κ2) is 14.6. The van der Waals surface area contributed by atoms with Crippen LogP contribution < -0.4 is 25.2 Å². The third-order valence-corrected chi connectivity index (χ3v) is 10.2. The topological polar surface area (TPSA) is 76.0 Å². The largest absolute Gasteiger partial charge is 0.494 e. The van der Waals surface area contributed by atoms with E-state index in [0.29, 0.717) is 26.2 Å². The minimum atomic E-state index is -0.00639. The number of hydrogen-bond donors (Lipinski definition) is 1. The molecule has 0 unspecified atom stereocenters. The number of aryl methyl sites for hydroxylation is 2. The number of thiophene rings is 1. The molecule has 0 bridgehead atoms. The van der Waals surface area contributed by atoms with E-state index >= 15 is 0 Å². The maximum absolute atomic E-state index is 12.8. The Hall–Kier alpha value is -4.34. The highest BCUT2D eigenvalue weighted by Crippen LogP contribution is 2.31. The van der Waals surface area contributed by atoms with Crippen LogP contribution in [0.25, 0.3) is 21.0 Å². The molecule has 0 spiro atoms. The molecular formula is C38H42N4O4S. The number of carbonyl (C=O) groups is 1. The van der Waals surface area contributed by atoms with Crippen LogP contribution in [0.1, 0.15) is 37.7 Å². The molecule has 9 heteroatoms. The Morgan fingerprint density at radius 1 is 0.745 bits per heavy atom. The van der Waals surface area contributed by atoms with Crippen LogP contribution in [-0.2, 0) is 17.8 Å². The monoisotopic (exact) mass is 650 g/mol. The molecule has 0 saturated carbocycles. The van der Waals surface area contributed by atoms with E-state index in [1.54, 1.807) is 6.07 Å². The van der Waals surface area contributed by atoms with Crippen molar-refractivity contribution in [2.24, 2.45) is 0 Å². The molecule has 3 aromatic carbocycles. The van der Waals surface area contributed by atoms with Crippen molar-refractivity contribution in [2.75, 3.05) is 56.2 Å². The van der Waals surface area contributed by atoms with Crippen molar-refractivity contribution in [1.29, 1.82) is 0 Å². The smallest absolute Gasteiger partial charge is 0.251 e. The second-order valence-electron chi connectivity index (χ2n) is 12.5. The van der Waals surface area contributed by atoms with Crippen LogP contribution in [-0.4, -0.2) is 61.3 Å². The van der Waals surface area contributed by atoms with Crippen molar-refractivity contribution in [3.8, 4) is 11.5 Å². The third-order valence-electron chi connectivity index (χ3n) is 9.31. The summed E-state index contributed by atoms with van der Waals surface area (Å²) in [5.74, 6) is 1.60. The lowest BCUT2D eigenvalue weighted by Crippen LogP contribution is -2.46. The van der Waals surface area contributed by atoms with Gasteiger partial charge in [-0.25, -0.2) is 0 Å². The van der Waals surface area contributed by atoms with Gasteiger partial charge in [0.05, 0.1) is 18.7 Å². The van der Waals surface area contributed by atoms with Gasteiger partial charge in [0, 0.05) is 78.8 Å². The Bertz CT molecular complexity index is 1910. The van der Waals surface area contributed by atoms with Crippen molar-refractivity contribution in [3.63, 3.8) is 0 Å². The molecule has 2 aliphatic rings. The minimum absolute atomic E-state index is 0.00639. The zero-order valence-electron chi connectivity index (χ0n) is 26.8. The van der Waals surface area contributed by atoms with Gasteiger partial charge in [0.25, 0.3) is 5.56 Å². The molecule has 47 heavy (non-hydrogen) atoms. The van der Waals surface area contributed by atoms with Crippen LogP contribution >= 0.6 is 11.3 Å². The summed E-state index contributed by atoms with van der Waals surface area (Å²) in [6.07, 6.45) is 5.00. The number of ether oxygens (including phenoxy) is 2. The molecule has 244 valence electrons. The lowest BCUT2D eigenvalue weighted by atomic mass is 10.0. The first-order chi connectivity index (χ1) is 23.1. The van der Waals surface area contributed by atoms with Crippen LogP contribution in [0.3, 0.4) is 0 Å². The number of carbonyl (C=O) groups excluding carboxylic acids is 1. The summed E-state index contributed by atoms with van der Waals surface area (Å²) >= 11 is 1.81. The van der Waals surface area contributed by atoms with Gasteiger partial charge in [0.15, 0.2) is 0 Å². The normalized spacial score (nSPS) is 15.1. The van der Waals surface area contributed by atoms with Crippen molar-refractivity contribution in [3.05, 3.63) is 94.1 Å². The molecule has 1 amide bonds. The Morgan fingerprint density at radius 2 is 1.51 bits per heavy atom. The number of benzene rings is 3. The summed E-state index contributed by atoms with van der Waals surface area (Å²) in [5.41, 5.74) is 4.25. The summed E-state index contributed by atoms with van der Waals surface area (Å²) < 4.78 is 15.3. The standard InChI is InChI=1S/C38H42N4O4S/c43-37-14-10-28-8-12-30(26-33(28)39-37)45-24-4-2-18-42-35-27-31(13-9-29(35)11-15-38(42)44)46-23-3-1-17-40-19-21-41(22-20-40)34-6-5-7-36-32(34)16-25-47-36/h5-9,11-13,15-16,25-27H,1-4,10,14,17-24H2,(H,39,43). The summed E-state index contributed by atoms with van der Waals surface area (Å²) in [6.45, 7) is 7.20. The lowest BCUT2D eigenvalue weighted by Gasteiger charge is -2.36. The number of fused-ring (bicyclic) bond motifs is 3. The molecule has 5 aromatic rings. The van der Waals surface area contributed by atoms with E-state index in [1.165, 1.54) is 15.8 Å². The SMILES string of the molecule is O=C1CCc2ccc(OCCCCn3c(=O)ccc4ccc(OCCCCN5CCN(c6cccc7sccc67)CC5)cc43)cc2N1. The van der Waals surface area contributed by atoms with E-state index in [4.69, 9.17) is 9.47 Å². The van der Waals surface area contributed by atoms with Gasteiger partial charge < -0.3 is 24.3 Å². The number of anilines is 2. The number of nitrogens with zero attached hydrogens (tertiary/aromatic N) is 3. The van der Waals surface area contributed by atoms with Crippen molar-refractivity contribution in [1.82, 2.24) is 9.47 Å². The van der Waals surface area contributed by atoms with Gasteiger partial charge in [-0.3, -0.25) is 14.5 Å². The second-order valence-corrected chi connectivity index (χ2v) is 13.4. The maximum atomic E-state index is 12.8. The molecule has 2 aromatic heterocycles. The highest BCUT2D eigenvalue weighted by atomic mass is 32.1. The molecule has 8 nitrogen and oxygen atoms in total. The fourth-order valence-corrected chi connectivity index (χ4v) is 7.49. The third kappa shape index (κ3) is 7.47. The number of hydrogen-bond acceptors (Lipinski definition) is 7. The number of unbranched alkanes of at least 4 members (excludes halogenated alkanes) is 2. The molecular weight excluding hydrogens is 609 g/mol. The van der Waals surface area contributed by atoms with E-state index in [2.05, 4.69) is 44.8 Å². The zero-order chi connectivity index (χ0) is 32.0. The molecule has 0 radical (unpaired) electrons.